The molecule has 1 aromatic rings. The third kappa shape index (κ3) is 3.64. The molecule has 1 atom stereocenters. The van der Waals surface area contributed by atoms with Crippen LogP contribution < -0.4 is 5.32 Å². The first kappa shape index (κ1) is 13.8. The van der Waals surface area contributed by atoms with Gasteiger partial charge in [0.1, 0.15) is 0 Å². The topological polar surface area (TPSA) is 24.9 Å². The van der Waals surface area contributed by atoms with E-state index in [1.165, 1.54) is 6.20 Å². The summed E-state index contributed by atoms with van der Waals surface area (Å²) in [4.78, 5) is 4.04. The van der Waals surface area contributed by atoms with Crippen molar-refractivity contribution in [3.05, 3.63) is 16.1 Å². The minimum Gasteiger partial charge on any atom is -0.312 e. The van der Waals surface area contributed by atoms with Gasteiger partial charge in [0.15, 0.2) is 5.01 Å². The summed E-state index contributed by atoms with van der Waals surface area (Å²) in [7, 11) is 1.74. The highest BCUT2D eigenvalue weighted by atomic mass is 32.2. The van der Waals surface area contributed by atoms with Crippen LogP contribution in [0.5, 0.6) is 0 Å². The zero-order chi connectivity index (χ0) is 12.2. The summed E-state index contributed by atoms with van der Waals surface area (Å²) in [5.74, 6) is 1.70. The van der Waals surface area contributed by atoms with Crippen molar-refractivity contribution >= 4 is 23.1 Å². The highest BCUT2D eigenvalue weighted by molar-refractivity contribution is 7.99. The van der Waals surface area contributed by atoms with E-state index < -0.39 is 11.2 Å². The summed E-state index contributed by atoms with van der Waals surface area (Å²) in [6, 6.07) is -0.0569. The molecule has 0 saturated carbocycles. The van der Waals surface area contributed by atoms with Crippen LogP contribution in [0.3, 0.4) is 0 Å². The van der Waals surface area contributed by atoms with Gasteiger partial charge in [0.05, 0.1) is 6.04 Å². The van der Waals surface area contributed by atoms with E-state index in [9.17, 15) is 13.2 Å². The number of nitrogens with one attached hydrogen (secondary N) is 1. The van der Waals surface area contributed by atoms with Crippen molar-refractivity contribution in [2.45, 2.75) is 19.1 Å². The van der Waals surface area contributed by atoms with Gasteiger partial charge in [-0.05, 0) is 12.8 Å². The second-order valence-electron chi connectivity index (χ2n) is 3.07. The van der Waals surface area contributed by atoms with E-state index in [1.54, 1.807) is 18.8 Å². The molecule has 0 radical (unpaired) electrons. The van der Waals surface area contributed by atoms with E-state index >= 15 is 0 Å². The maximum atomic E-state index is 12.3. The van der Waals surface area contributed by atoms with Crippen LogP contribution in [0, 0.1) is 0 Å². The summed E-state index contributed by atoms with van der Waals surface area (Å²) >= 11 is 2.40. The fraction of sp³-hybridized carbons (Fsp3) is 0.667. The van der Waals surface area contributed by atoms with Gasteiger partial charge in [-0.25, -0.2) is 4.98 Å². The third-order valence-electron chi connectivity index (χ3n) is 1.95. The number of hydrogen-bond donors (Lipinski definition) is 1. The lowest BCUT2D eigenvalue weighted by Crippen LogP contribution is -2.17. The first-order valence-corrected chi connectivity index (χ1v) is 6.74. The van der Waals surface area contributed by atoms with Crippen LogP contribution in [0.25, 0.3) is 0 Å². The van der Waals surface area contributed by atoms with Crippen LogP contribution in [0.4, 0.5) is 13.2 Å². The van der Waals surface area contributed by atoms with Gasteiger partial charge in [-0.2, -0.15) is 24.9 Å². The predicted octanol–water partition coefficient (Wildman–Crippen LogP) is 3.18. The summed E-state index contributed by atoms with van der Waals surface area (Å²) in [5.41, 5.74) is 0. The second-order valence-corrected chi connectivity index (χ2v) is 5.45. The van der Waals surface area contributed by atoms with E-state index in [2.05, 4.69) is 10.3 Å². The molecule has 92 valence electrons. The fourth-order valence-electron chi connectivity index (χ4n) is 1.12. The van der Waals surface area contributed by atoms with Crippen LogP contribution in [0.15, 0.2) is 6.20 Å². The predicted molar refractivity (Wildman–Crippen MR) is 61.9 cm³/mol. The Bertz CT molecular complexity index is 325. The smallest absolute Gasteiger partial charge is 0.312 e. The van der Waals surface area contributed by atoms with E-state index in [0.29, 0.717) is 16.2 Å². The number of hydrogen-bond acceptors (Lipinski definition) is 4. The molecule has 1 unspecified atom stereocenters. The van der Waals surface area contributed by atoms with Gasteiger partial charge < -0.3 is 5.32 Å². The van der Waals surface area contributed by atoms with Crippen LogP contribution in [0.1, 0.15) is 22.9 Å². The molecule has 0 spiro atoms. The van der Waals surface area contributed by atoms with Crippen LogP contribution in [-0.2, 0) is 6.18 Å². The molecule has 0 aliphatic carbocycles. The van der Waals surface area contributed by atoms with Gasteiger partial charge in [-0.15, -0.1) is 11.3 Å². The number of thioether (sulfide) groups is 1. The maximum absolute atomic E-state index is 12.3. The zero-order valence-corrected chi connectivity index (χ0v) is 10.6. The molecular weight excluding hydrogens is 257 g/mol. The zero-order valence-electron chi connectivity index (χ0n) is 8.97. The Kier molecular flexibility index (Phi) is 5.07. The number of rotatable bonds is 5. The maximum Gasteiger partial charge on any atom is 0.443 e. The quantitative estimate of drug-likeness (QED) is 0.889. The number of aromatic nitrogens is 1. The molecule has 0 amide bonds. The standard InChI is InChI=1S/C9H13F3N2S2/c1-3-15-5-6(13-2)7-4-14-8(16-7)9(10,11)12/h4,6,13H,3,5H2,1-2H3. The third-order valence-corrected chi connectivity index (χ3v) is 4.08. The minimum absolute atomic E-state index is 0.0569. The van der Waals surface area contributed by atoms with Gasteiger partial charge in [0.25, 0.3) is 0 Å². The molecule has 0 aliphatic heterocycles. The van der Waals surface area contributed by atoms with Crippen molar-refractivity contribution < 1.29 is 13.2 Å². The van der Waals surface area contributed by atoms with E-state index in [0.717, 1.165) is 11.5 Å². The van der Waals surface area contributed by atoms with E-state index in [1.807, 2.05) is 6.92 Å². The van der Waals surface area contributed by atoms with E-state index in [4.69, 9.17) is 0 Å². The Morgan fingerprint density at radius 3 is 2.69 bits per heavy atom. The molecule has 0 saturated heterocycles. The Hall–Kier alpha value is -0.270. The number of thiazole rings is 1. The molecule has 0 aliphatic rings. The molecule has 16 heavy (non-hydrogen) atoms. The van der Waals surface area contributed by atoms with Gasteiger partial charge in [-0.3, -0.25) is 0 Å². The van der Waals surface area contributed by atoms with E-state index in [-0.39, 0.29) is 6.04 Å². The average molecular weight is 270 g/mol. The Balaban J connectivity index is 2.75. The molecule has 1 rings (SSSR count). The summed E-state index contributed by atoms with van der Waals surface area (Å²) < 4.78 is 37.0. The SMILES string of the molecule is CCSCC(NC)c1cnc(C(F)(F)F)s1. The van der Waals surface area contributed by atoms with Crippen molar-refractivity contribution in [2.24, 2.45) is 0 Å². The number of nitrogens with zero attached hydrogens (tertiary/aromatic N) is 1. The molecule has 1 aromatic heterocycles. The van der Waals surface area contributed by atoms with Crippen molar-refractivity contribution in [1.82, 2.24) is 10.3 Å². The molecular formula is C9H13F3N2S2. The van der Waals surface area contributed by atoms with Crippen molar-refractivity contribution in [2.75, 3.05) is 18.6 Å². The monoisotopic (exact) mass is 270 g/mol. The molecule has 2 nitrogen and oxygen atoms in total. The van der Waals surface area contributed by atoms with Crippen LogP contribution >= 0.6 is 23.1 Å². The molecule has 1 N–H and O–H groups in total. The first-order valence-electron chi connectivity index (χ1n) is 4.77. The Morgan fingerprint density at radius 2 is 2.25 bits per heavy atom. The minimum atomic E-state index is -4.33. The molecule has 1 heterocycles. The largest absolute Gasteiger partial charge is 0.443 e. The number of halogens is 3. The second kappa shape index (κ2) is 5.88. The summed E-state index contributed by atoms with van der Waals surface area (Å²) in [5, 5.41) is 2.23. The van der Waals surface area contributed by atoms with Crippen molar-refractivity contribution in [3.63, 3.8) is 0 Å². The summed E-state index contributed by atoms with van der Waals surface area (Å²) in [6.07, 6.45) is -3.02. The average Bonchev–Trinajstić information content (AvgIpc) is 2.68. The number of alkyl halides is 3. The van der Waals surface area contributed by atoms with Crippen LogP contribution in [-0.4, -0.2) is 23.5 Å². The van der Waals surface area contributed by atoms with Gasteiger partial charge >= 0.3 is 6.18 Å². The highest BCUT2D eigenvalue weighted by Gasteiger charge is 2.35. The van der Waals surface area contributed by atoms with Crippen molar-refractivity contribution in [3.8, 4) is 0 Å². The first-order chi connectivity index (χ1) is 7.49. The summed E-state index contributed by atoms with van der Waals surface area (Å²) in [6.45, 7) is 2.02. The molecule has 7 heteroatoms. The fourth-order valence-corrected chi connectivity index (χ4v) is 2.94. The van der Waals surface area contributed by atoms with Crippen molar-refractivity contribution in [1.29, 1.82) is 0 Å². The Labute approximate surface area is 101 Å². The van der Waals surface area contributed by atoms with Gasteiger partial charge in [0, 0.05) is 16.8 Å². The molecule has 0 bridgehead atoms. The highest BCUT2D eigenvalue weighted by Crippen LogP contribution is 2.34. The lowest BCUT2D eigenvalue weighted by Gasteiger charge is -2.12. The molecule has 0 fully saturated rings. The van der Waals surface area contributed by atoms with Crippen LogP contribution in [0.2, 0.25) is 0 Å². The molecule has 0 aromatic carbocycles. The van der Waals surface area contributed by atoms with Gasteiger partial charge in [0.2, 0.25) is 0 Å². The lowest BCUT2D eigenvalue weighted by atomic mass is 10.3. The lowest BCUT2D eigenvalue weighted by molar-refractivity contribution is -0.137. The van der Waals surface area contributed by atoms with Gasteiger partial charge in [-0.1, -0.05) is 6.92 Å². The normalized spacial score (nSPS) is 14.1. The Morgan fingerprint density at radius 1 is 1.56 bits per heavy atom.